The molecule has 14 heteroatoms. The smallest absolute Gasteiger partial charge is 0.414 e. The fourth-order valence-corrected chi connectivity index (χ4v) is 7.77. The molecule has 2 aliphatic rings. The van der Waals surface area contributed by atoms with Gasteiger partial charge in [0.2, 0.25) is 0 Å². The SMILES string of the molecule is CC(C)[C@H](C[C@@H]1OC(=O)NC1=O)c1ccc(-c2ccc3cccc(F)c3c2)[nH]c1=O.CC(C)[C@H](C[C@H]1OC(=O)NC1=O)c1ccc(-c2ccc3cccc(F)c3c2)[nH]c1=O. The van der Waals surface area contributed by atoms with Crippen LogP contribution in [0.3, 0.4) is 0 Å². The third kappa shape index (κ3) is 8.72. The predicted octanol–water partition coefficient (Wildman–Crippen LogP) is 8.20. The van der Waals surface area contributed by atoms with E-state index in [0.717, 1.165) is 10.8 Å². The van der Waals surface area contributed by atoms with E-state index in [9.17, 15) is 37.5 Å². The fraction of sp³-hybridized carbons (Fsp3) is 0.261. The zero-order valence-electron chi connectivity index (χ0n) is 33.1. The maximum atomic E-state index is 14.1. The summed E-state index contributed by atoms with van der Waals surface area (Å²) < 4.78 is 38.3. The molecule has 0 aliphatic carbocycles. The number of rotatable bonds is 10. The van der Waals surface area contributed by atoms with Crippen LogP contribution >= 0.6 is 0 Å². The number of carbonyl (C=O) groups excluding carboxylic acids is 4. The number of benzene rings is 4. The van der Waals surface area contributed by atoms with E-state index in [2.05, 4.69) is 20.6 Å². The zero-order chi connectivity index (χ0) is 42.8. The highest BCUT2D eigenvalue weighted by atomic mass is 19.1. The van der Waals surface area contributed by atoms with Crippen LogP contribution in [0.25, 0.3) is 44.1 Å². The van der Waals surface area contributed by atoms with Crippen LogP contribution in [0, 0.1) is 23.5 Å². The summed E-state index contributed by atoms with van der Waals surface area (Å²) in [5.41, 5.74) is 2.98. The van der Waals surface area contributed by atoms with Gasteiger partial charge in [-0.25, -0.2) is 18.4 Å². The standard InChI is InChI=1S/2C23H21FN2O4/c2*1-12(2)16(11-20-22(28)26-23(29)30-20)15-8-9-19(25-21(15)27)14-7-6-13-4-3-5-18(24)17(13)10-14/h2*3-10,12,16,20H,11H2,1-2H3,(H,25,27)(H,26,28,29)/t16-,20+;16-,20-/m00/s1. The van der Waals surface area contributed by atoms with Crippen LogP contribution in [0.2, 0.25) is 0 Å². The lowest BCUT2D eigenvalue weighted by Gasteiger charge is -2.22. The minimum absolute atomic E-state index is 0.0406. The number of carbonyl (C=O) groups is 4. The van der Waals surface area contributed by atoms with Crippen LogP contribution in [-0.4, -0.2) is 46.2 Å². The molecule has 4 atom stereocenters. The van der Waals surface area contributed by atoms with E-state index in [1.165, 1.54) is 12.1 Å². The van der Waals surface area contributed by atoms with Crippen LogP contribution in [0.1, 0.15) is 63.5 Å². The quantitative estimate of drug-likeness (QED) is 0.107. The van der Waals surface area contributed by atoms with E-state index in [1.54, 1.807) is 48.5 Å². The summed E-state index contributed by atoms with van der Waals surface area (Å²) in [7, 11) is 0. The summed E-state index contributed by atoms with van der Waals surface area (Å²) in [4.78, 5) is 77.8. The molecule has 4 amide bonds. The fourth-order valence-electron chi connectivity index (χ4n) is 7.77. The summed E-state index contributed by atoms with van der Waals surface area (Å²) in [6, 6.07) is 27.4. The van der Waals surface area contributed by atoms with E-state index in [4.69, 9.17) is 9.47 Å². The van der Waals surface area contributed by atoms with Crippen molar-refractivity contribution < 1.29 is 37.4 Å². The molecule has 0 unspecified atom stereocenters. The van der Waals surface area contributed by atoms with Crippen molar-refractivity contribution in [3.05, 3.63) is 141 Å². The Morgan fingerprint density at radius 2 is 0.933 bits per heavy atom. The molecule has 60 heavy (non-hydrogen) atoms. The number of alkyl carbamates (subject to hydrolysis) is 2. The van der Waals surface area contributed by atoms with Crippen molar-refractivity contribution in [1.82, 2.24) is 20.6 Å². The van der Waals surface area contributed by atoms with E-state index >= 15 is 0 Å². The average molecular weight is 817 g/mol. The number of imide groups is 2. The van der Waals surface area contributed by atoms with Gasteiger partial charge in [0.1, 0.15) is 11.6 Å². The highest BCUT2D eigenvalue weighted by Crippen LogP contribution is 2.33. The minimum Gasteiger partial charge on any atom is -0.436 e. The van der Waals surface area contributed by atoms with E-state index in [1.807, 2.05) is 64.1 Å². The van der Waals surface area contributed by atoms with Gasteiger partial charge < -0.3 is 19.4 Å². The first-order chi connectivity index (χ1) is 28.7. The number of nitrogens with one attached hydrogen (secondary N) is 4. The van der Waals surface area contributed by atoms with Crippen molar-refractivity contribution in [3.63, 3.8) is 0 Å². The van der Waals surface area contributed by atoms with Gasteiger partial charge in [0.15, 0.2) is 12.2 Å². The summed E-state index contributed by atoms with van der Waals surface area (Å²) in [5, 5.41) is 6.74. The number of aromatic nitrogens is 2. The second-order valence-corrected chi connectivity index (χ2v) is 15.6. The number of halogens is 2. The Morgan fingerprint density at radius 3 is 1.27 bits per heavy atom. The average Bonchev–Trinajstić information content (AvgIpc) is 3.72. The lowest BCUT2D eigenvalue weighted by atomic mass is 9.84. The van der Waals surface area contributed by atoms with Crippen molar-refractivity contribution in [2.24, 2.45) is 11.8 Å². The van der Waals surface area contributed by atoms with Gasteiger partial charge in [-0.3, -0.25) is 29.8 Å². The van der Waals surface area contributed by atoms with Gasteiger partial charge >= 0.3 is 12.2 Å². The highest BCUT2D eigenvalue weighted by Gasteiger charge is 2.37. The number of hydrogen-bond donors (Lipinski definition) is 4. The molecule has 0 saturated carbocycles. The van der Waals surface area contributed by atoms with Crippen LogP contribution in [0.4, 0.5) is 18.4 Å². The molecule has 4 N–H and O–H groups in total. The van der Waals surface area contributed by atoms with Gasteiger partial charge in [0, 0.05) is 46.1 Å². The number of hydrogen-bond acceptors (Lipinski definition) is 8. The van der Waals surface area contributed by atoms with Gasteiger partial charge in [0.05, 0.1) is 0 Å². The molecule has 2 saturated heterocycles. The minimum atomic E-state index is -0.910. The van der Waals surface area contributed by atoms with E-state index in [-0.39, 0.29) is 59.3 Å². The third-order valence-electron chi connectivity index (χ3n) is 11.0. The molecule has 12 nitrogen and oxygen atoms in total. The van der Waals surface area contributed by atoms with E-state index < -0.39 is 36.2 Å². The first-order valence-corrected chi connectivity index (χ1v) is 19.5. The third-order valence-corrected chi connectivity index (χ3v) is 11.0. The Kier molecular flexibility index (Phi) is 11.7. The first-order valence-electron chi connectivity index (χ1n) is 19.5. The Labute approximate surface area is 342 Å². The van der Waals surface area contributed by atoms with Crippen molar-refractivity contribution in [2.75, 3.05) is 0 Å². The van der Waals surface area contributed by atoms with Gasteiger partial charge in [-0.05, 0) is 82.0 Å². The Balaban J connectivity index is 0.000000181. The molecule has 0 radical (unpaired) electrons. The molecule has 4 aromatic carbocycles. The second kappa shape index (κ2) is 17.1. The van der Waals surface area contributed by atoms with Crippen molar-refractivity contribution >= 4 is 45.5 Å². The number of H-pyrrole nitrogens is 2. The van der Waals surface area contributed by atoms with Gasteiger partial charge in [-0.1, -0.05) is 88.4 Å². The summed E-state index contributed by atoms with van der Waals surface area (Å²) in [6.07, 6.45) is -2.90. The summed E-state index contributed by atoms with van der Waals surface area (Å²) >= 11 is 0. The normalized spacial score (nSPS) is 17.3. The number of aromatic amines is 2. The first kappa shape index (κ1) is 41.2. The van der Waals surface area contributed by atoms with Crippen molar-refractivity contribution in [3.8, 4) is 22.5 Å². The molecule has 2 fully saturated rings. The van der Waals surface area contributed by atoms with Crippen LogP contribution in [0.15, 0.2) is 107 Å². The van der Waals surface area contributed by atoms with Crippen molar-refractivity contribution in [2.45, 2.75) is 64.6 Å². The van der Waals surface area contributed by atoms with Crippen molar-refractivity contribution in [1.29, 1.82) is 0 Å². The molecule has 308 valence electrons. The summed E-state index contributed by atoms with van der Waals surface area (Å²) in [6.45, 7) is 7.77. The summed E-state index contributed by atoms with van der Waals surface area (Å²) in [5.74, 6) is -2.10. The predicted molar refractivity (Wildman–Crippen MR) is 221 cm³/mol. The number of fused-ring (bicyclic) bond motifs is 2. The number of ether oxygens (including phenoxy) is 2. The van der Waals surface area contributed by atoms with Crippen LogP contribution in [-0.2, 0) is 19.1 Å². The Bertz CT molecular complexity index is 2590. The second-order valence-electron chi connectivity index (χ2n) is 15.6. The molecule has 0 spiro atoms. The number of amides is 4. The Morgan fingerprint density at radius 1 is 0.533 bits per heavy atom. The molecule has 2 aliphatic heterocycles. The van der Waals surface area contributed by atoms with Crippen LogP contribution < -0.4 is 21.8 Å². The molecule has 8 rings (SSSR count). The molecular weight excluding hydrogens is 775 g/mol. The lowest BCUT2D eigenvalue weighted by Crippen LogP contribution is -2.29. The molecule has 0 bridgehead atoms. The monoisotopic (exact) mass is 816 g/mol. The van der Waals surface area contributed by atoms with Gasteiger partial charge in [0.25, 0.3) is 22.9 Å². The zero-order valence-corrected chi connectivity index (χ0v) is 33.1. The van der Waals surface area contributed by atoms with E-state index in [0.29, 0.717) is 44.4 Å². The molecule has 2 aromatic heterocycles. The van der Waals surface area contributed by atoms with Gasteiger partial charge in [-0.2, -0.15) is 0 Å². The lowest BCUT2D eigenvalue weighted by molar-refractivity contribution is -0.124. The molecular formula is C46H42F2N4O8. The van der Waals surface area contributed by atoms with Gasteiger partial charge in [-0.15, -0.1) is 0 Å². The molecule has 6 aromatic rings. The number of cyclic esters (lactones) is 2. The maximum absolute atomic E-state index is 14.1. The van der Waals surface area contributed by atoms with Crippen LogP contribution in [0.5, 0.6) is 0 Å². The topological polar surface area (TPSA) is 177 Å². The Hall–Kier alpha value is -6.96. The number of pyridine rings is 2. The highest BCUT2D eigenvalue weighted by molar-refractivity contribution is 6.00. The largest absolute Gasteiger partial charge is 0.436 e. The maximum Gasteiger partial charge on any atom is 0.414 e. The molecule has 4 heterocycles.